The van der Waals surface area contributed by atoms with E-state index >= 15 is 0 Å². The van der Waals surface area contributed by atoms with Gasteiger partial charge in [0.25, 0.3) is 0 Å². The first kappa shape index (κ1) is 14.2. The highest BCUT2D eigenvalue weighted by molar-refractivity contribution is 7.99. The summed E-state index contributed by atoms with van der Waals surface area (Å²) in [6, 6.07) is 10.8. The quantitative estimate of drug-likeness (QED) is 0.942. The molecule has 0 atom stereocenters. The molecular formula is C16H16FNO2S. The highest BCUT2D eigenvalue weighted by Gasteiger charge is 2.12. The maximum Gasteiger partial charge on any atom is 0.162 e. The number of ether oxygens (including phenoxy) is 2. The molecule has 110 valence electrons. The van der Waals surface area contributed by atoms with Crippen molar-refractivity contribution < 1.29 is 13.9 Å². The Labute approximate surface area is 127 Å². The Balaban J connectivity index is 1.83. The van der Waals surface area contributed by atoms with Crippen LogP contribution in [0.2, 0.25) is 0 Å². The Morgan fingerprint density at radius 3 is 2.62 bits per heavy atom. The Morgan fingerprint density at radius 1 is 1.00 bits per heavy atom. The van der Waals surface area contributed by atoms with Gasteiger partial charge in [0.15, 0.2) is 11.5 Å². The molecule has 2 aromatic rings. The van der Waals surface area contributed by atoms with Gasteiger partial charge in [0.2, 0.25) is 0 Å². The first-order valence-corrected chi connectivity index (χ1v) is 7.63. The number of fused-ring (bicyclic) bond motifs is 1. The molecule has 3 rings (SSSR count). The van der Waals surface area contributed by atoms with Crippen LogP contribution in [-0.2, 0) is 6.42 Å². The van der Waals surface area contributed by atoms with E-state index < -0.39 is 0 Å². The lowest BCUT2D eigenvalue weighted by Gasteiger charge is -2.18. The van der Waals surface area contributed by atoms with Gasteiger partial charge in [-0.1, -0.05) is 11.8 Å². The zero-order valence-electron chi connectivity index (χ0n) is 11.5. The SMILES string of the molecule is NCCc1cc(F)cc(Sc2ccc3c(c2)OCCO3)c1. The Hall–Kier alpha value is -1.72. The van der Waals surface area contributed by atoms with Crippen LogP contribution >= 0.6 is 11.8 Å². The van der Waals surface area contributed by atoms with Crippen LogP contribution in [0.5, 0.6) is 11.5 Å². The van der Waals surface area contributed by atoms with Gasteiger partial charge in [-0.3, -0.25) is 0 Å². The van der Waals surface area contributed by atoms with Gasteiger partial charge in [-0.2, -0.15) is 0 Å². The van der Waals surface area contributed by atoms with Crippen molar-refractivity contribution >= 4 is 11.8 Å². The predicted octanol–water partition coefficient (Wildman–Crippen LogP) is 3.25. The fourth-order valence-corrected chi connectivity index (χ4v) is 3.17. The summed E-state index contributed by atoms with van der Waals surface area (Å²) in [5.74, 6) is 1.26. The normalized spacial score (nSPS) is 13.2. The molecule has 0 aliphatic carbocycles. The molecule has 21 heavy (non-hydrogen) atoms. The van der Waals surface area contributed by atoms with E-state index in [9.17, 15) is 4.39 Å². The van der Waals surface area contributed by atoms with Gasteiger partial charge in [0.1, 0.15) is 19.0 Å². The van der Waals surface area contributed by atoms with Crippen LogP contribution in [0, 0.1) is 5.82 Å². The Morgan fingerprint density at radius 2 is 1.81 bits per heavy atom. The number of hydrogen-bond donors (Lipinski definition) is 1. The fourth-order valence-electron chi connectivity index (χ4n) is 2.21. The van der Waals surface area contributed by atoms with Crippen LogP contribution in [0.15, 0.2) is 46.2 Å². The molecule has 0 saturated carbocycles. The zero-order chi connectivity index (χ0) is 14.7. The van der Waals surface area contributed by atoms with Crippen LogP contribution in [0.3, 0.4) is 0 Å². The van der Waals surface area contributed by atoms with Crippen molar-refractivity contribution in [2.45, 2.75) is 16.2 Å². The summed E-state index contributed by atoms with van der Waals surface area (Å²) in [6.45, 7) is 1.64. The van der Waals surface area contributed by atoms with Gasteiger partial charge >= 0.3 is 0 Å². The molecule has 0 bridgehead atoms. The third-order valence-electron chi connectivity index (χ3n) is 3.11. The van der Waals surface area contributed by atoms with Gasteiger partial charge < -0.3 is 15.2 Å². The van der Waals surface area contributed by atoms with E-state index in [0.29, 0.717) is 26.2 Å². The maximum absolute atomic E-state index is 13.6. The highest BCUT2D eigenvalue weighted by atomic mass is 32.2. The smallest absolute Gasteiger partial charge is 0.162 e. The average molecular weight is 305 g/mol. The minimum atomic E-state index is -0.235. The zero-order valence-corrected chi connectivity index (χ0v) is 12.3. The monoisotopic (exact) mass is 305 g/mol. The van der Waals surface area contributed by atoms with Crippen molar-refractivity contribution in [3.05, 3.63) is 47.8 Å². The number of nitrogens with two attached hydrogens (primary N) is 1. The largest absolute Gasteiger partial charge is 0.486 e. The van der Waals surface area contributed by atoms with E-state index in [1.807, 2.05) is 24.3 Å². The summed E-state index contributed by atoms with van der Waals surface area (Å²) in [7, 11) is 0. The van der Waals surface area contributed by atoms with Gasteiger partial charge in [0, 0.05) is 9.79 Å². The summed E-state index contributed by atoms with van der Waals surface area (Å²) in [5.41, 5.74) is 6.44. The first-order valence-electron chi connectivity index (χ1n) is 6.81. The van der Waals surface area contributed by atoms with Crippen molar-refractivity contribution in [3.63, 3.8) is 0 Å². The molecule has 0 saturated heterocycles. The highest BCUT2D eigenvalue weighted by Crippen LogP contribution is 2.37. The third kappa shape index (κ3) is 3.49. The first-order chi connectivity index (χ1) is 10.2. The van der Waals surface area contributed by atoms with Gasteiger partial charge in [-0.25, -0.2) is 4.39 Å². The lowest BCUT2D eigenvalue weighted by molar-refractivity contribution is 0.171. The summed E-state index contributed by atoms with van der Waals surface area (Å²) in [4.78, 5) is 1.85. The standard InChI is InChI=1S/C16H16FNO2S/c17-12-7-11(3-4-18)8-14(9-12)21-13-1-2-15-16(10-13)20-6-5-19-15/h1-2,7-10H,3-6,18H2. The lowest BCUT2D eigenvalue weighted by Crippen LogP contribution is -2.15. The van der Waals surface area contributed by atoms with Gasteiger partial charge in [-0.05, 0) is 54.9 Å². The molecule has 0 fully saturated rings. The molecule has 0 aromatic heterocycles. The van der Waals surface area contributed by atoms with Crippen LogP contribution in [0.1, 0.15) is 5.56 Å². The molecule has 2 aromatic carbocycles. The molecule has 1 aliphatic rings. The minimum Gasteiger partial charge on any atom is -0.486 e. The summed E-state index contributed by atoms with van der Waals surface area (Å²) in [5, 5.41) is 0. The van der Waals surface area contributed by atoms with Crippen molar-refractivity contribution in [3.8, 4) is 11.5 Å². The molecule has 5 heteroatoms. The number of hydrogen-bond acceptors (Lipinski definition) is 4. The second-order valence-electron chi connectivity index (χ2n) is 4.74. The minimum absolute atomic E-state index is 0.235. The summed E-state index contributed by atoms with van der Waals surface area (Å²) < 4.78 is 24.7. The van der Waals surface area contributed by atoms with E-state index in [2.05, 4.69) is 0 Å². The molecule has 0 amide bonds. The summed E-state index contributed by atoms with van der Waals surface area (Å²) in [6.07, 6.45) is 0.673. The molecule has 3 nitrogen and oxygen atoms in total. The molecular weight excluding hydrogens is 289 g/mol. The van der Waals surface area contributed by atoms with Crippen molar-refractivity contribution in [2.75, 3.05) is 19.8 Å². The molecule has 1 aliphatic heterocycles. The second kappa shape index (κ2) is 6.37. The van der Waals surface area contributed by atoms with E-state index in [4.69, 9.17) is 15.2 Å². The number of halogens is 1. The number of benzene rings is 2. The third-order valence-corrected chi connectivity index (χ3v) is 4.07. The lowest BCUT2D eigenvalue weighted by atomic mass is 10.1. The van der Waals surface area contributed by atoms with Crippen molar-refractivity contribution in [1.29, 1.82) is 0 Å². The van der Waals surface area contributed by atoms with E-state index in [1.165, 1.54) is 23.9 Å². The average Bonchev–Trinajstić information content (AvgIpc) is 2.47. The molecule has 1 heterocycles. The van der Waals surface area contributed by atoms with Crippen LogP contribution in [0.4, 0.5) is 4.39 Å². The Bertz CT molecular complexity index is 648. The summed E-state index contributed by atoms with van der Waals surface area (Å²) >= 11 is 1.50. The molecule has 2 N–H and O–H groups in total. The topological polar surface area (TPSA) is 44.5 Å². The maximum atomic E-state index is 13.6. The predicted molar refractivity (Wildman–Crippen MR) is 80.7 cm³/mol. The van der Waals surface area contributed by atoms with Crippen molar-refractivity contribution in [1.82, 2.24) is 0 Å². The Kier molecular flexibility index (Phi) is 4.31. The van der Waals surface area contributed by atoms with Crippen LogP contribution < -0.4 is 15.2 Å². The van der Waals surface area contributed by atoms with Gasteiger partial charge in [-0.15, -0.1) is 0 Å². The van der Waals surface area contributed by atoms with Crippen molar-refractivity contribution in [2.24, 2.45) is 5.73 Å². The van der Waals surface area contributed by atoms with Crippen LogP contribution in [-0.4, -0.2) is 19.8 Å². The van der Waals surface area contributed by atoms with E-state index in [-0.39, 0.29) is 5.82 Å². The molecule has 0 unspecified atom stereocenters. The molecule has 0 radical (unpaired) electrons. The van der Waals surface area contributed by atoms with E-state index in [1.54, 1.807) is 0 Å². The van der Waals surface area contributed by atoms with E-state index in [0.717, 1.165) is 26.9 Å². The van der Waals surface area contributed by atoms with Crippen LogP contribution in [0.25, 0.3) is 0 Å². The second-order valence-corrected chi connectivity index (χ2v) is 5.89. The molecule has 0 spiro atoms. The van der Waals surface area contributed by atoms with Gasteiger partial charge in [0.05, 0.1) is 0 Å². The number of rotatable bonds is 4. The fraction of sp³-hybridized carbons (Fsp3) is 0.250.